The van der Waals surface area contributed by atoms with Gasteiger partial charge in [0, 0.05) is 21.3 Å². The lowest BCUT2D eigenvalue weighted by molar-refractivity contribution is 0.399. The summed E-state index contributed by atoms with van der Waals surface area (Å²) >= 11 is 0. The van der Waals surface area contributed by atoms with Crippen LogP contribution in [0.25, 0.3) is 0 Å². The van der Waals surface area contributed by atoms with Gasteiger partial charge in [-0.25, -0.2) is 0 Å². The molecule has 0 aromatic rings. The van der Waals surface area contributed by atoms with Crippen molar-refractivity contribution in [3.8, 4) is 0 Å². The number of hydrogen-bond acceptors (Lipinski definition) is 3. The third-order valence-electron chi connectivity index (χ3n) is 0. The topological polar surface area (TPSA) is 60.7 Å². The Kier molecular flexibility index (Phi) is 14400. The monoisotopic (exact) mass is 96.1 g/mol. The van der Waals surface area contributed by atoms with E-state index in [4.69, 9.17) is 15.3 Å². The van der Waals surface area contributed by atoms with Gasteiger partial charge in [-0.2, -0.15) is 0 Å². The van der Waals surface area contributed by atoms with Gasteiger partial charge in [-0.1, -0.05) is 0 Å². The third kappa shape index (κ3) is 2230. The fourth-order valence-electron chi connectivity index (χ4n) is 0. The van der Waals surface area contributed by atoms with E-state index in [0.29, 0.717) is 0 Å². The molecule has 0 aliphatic heterocycles. The summed E-state index contributed by atoms with van der Waals surface area (Å²) in [6, 6.07) is 0. The first kappa shape index (κ1) is 16.9. The zero-order valence-electron chi connectivity index (χ0n) is 4.34. The Bertz CT molecular complexity index is 6.00. The van der Waals surface area contributed by atoms with Gasteiger partial charge in [0.15, 0.2) is 0 Å². The Morgan fingerprint density at radius 1 is 0.500 bits per heavy atom. The number of aliphatic hydroxyl groups excluding tert-OH is 3. The smallest absolute Gasteiger partial charge is 0.0319 e. The van der Waals surface area contributed by atoms with Crippen LogP contribution in [0.15, 0.2) is 0 Å². The Labute approximate surface area is 37.9 Å². The average molecular weight is 96.1 g/mol. The van der Waals surface area contributed by atoms with Gasteiger partial charge >= 0.3 is 0 Å². The van der Waals surface area contributed by atoms with E-state index in [-0.39, 0.29) is 0 Å². The van der Waals surface area contributed by atoms with Gasteiger partial charge < -0.3 is 15.3 Å². The molecule has 6 heavy (non-hydrogen) atoms. The highest BCUT2D eigenvalue weighted by Gasteiger charge is 0.843. The zero-order valence-corrected chi connectivity index (χ0v) is 4.34. The molecule has 0 radical (unpaired) electrons. The quantitative estimate of drug-likeness (QED) is 0.356. The fraction of sp³-hybridized carbons (Fsp3) is 1.00. The van der Waals surface area contributed by atoms with E-state index >= 15 is 0 Å². The van der Waals surface area contributed by atoms with Crippen LogP contribution in [0.3, 0.4) is 0 Å². The molecule has 3 N–H and O–H groups in total. The Morgan fingerprint density at radius 2 is 0.500 bits per heavy atom. The molecule has 0 aliphatic carbocycles. The average Bonchev–Trinajstić information content (AvgIpc) is 1.81. The van der Waals surface area contributed by atoms with Crippen LogP contribution in [0.5, 0.6) is 0 Å². The van der Waals surface area contributed by atoms with E-state index in [1.807, 2.05) is 0 Å². The predicted octanol–water partition coefficient (Wildman–Crippen LogP) is -1.17. The summed E-state index contributed by atoms with van der Waals surface area (Å²) in [5, 5.41) is 21.0. The summed E-state index contributed by atoms with van der Waals surface area (Å²) in [5.74, 6) is 0. The molecule has 0 bridgehead atoms. The highest BCUT2D eigenvalue weighted by Crippen LogP contribution is 0.759. The van der Waals surface area contributed by atoms with Crippen LogP contribution in [0, 0.1) is 0 Å². The van der Waals surface area contributed by atoms with Gasteiger partial charge in [-0.3, -0.25) is 0 Å². The van der Waals surface area contributed by atoms with Crippen LogP contribution < -0.4 is 0 Å². The minimum absolute atomic E-state index is 1.00. The molecule has 0 atom stereocenters. The van der Waals surface area contributed by atoms with Crippen LogP contribution in [0.4, 0.5) is 0 Å². The van der Waals surface area contributed by atoms with E-state index in [9.17, 15) is 0 Å². The highest BCUT2D eigenvalue weighted by atomic mass is 16.2. The molecule has 0 saturated heterocycles. The third-order valence-corrected chi connectivity index (χ3v) is 0. The largest absolute Gasteiger partial charge is 0.400 e. The molecule has 0 aliphatic rings. The summed E-state index contributed by atoms with van der Waals surface area (Å²) in [6.45, 7) is 0. The lowest BCUT2D eigenvalue weighted by Crippen LogP contribution is -1.25. The fourth-order valence-corrected chi connectivity index (χ4v) is 0. The second-order valence-electron chi connectivity index (χ2n) is 0. The standard InChI is InChI=1S/3CH4O/c3*1-2/h3*2H,1H3. The Balaban J connectivity index is -0.0000000225. The molecule has 0 heterocycles. The molecular weight excluding hydrogens is 84.0 g/mol. The van der Waals surface area contributed by atoms with Gasteiger partial charge in [-0.05, 0) is 0 Å². The van der Waals surface area contributed by atoms with E-state index in [2.05, 4.69) is 0 Å². The molecule has 0 aromatic heterocycles. The van der Waals surface area contributed by atoms with Crippen molar-refractivity contribution < 1.29 is 15.3 Å². The molecular formula is C3H12O3. The highest BCUT2D eigenvalue weighted by molar-refractivity contribution is 3.18. The molecule has 0 spiro atoms. The number of hydrogen-bond donors (Lipinski definition) is 3. The lowest BCUT2D eigenvalue weighted by Gasteiger charge is -1.21. The van der Waals surface area contributed by atoms with Crippen LogP contribution in [0.1, 0.15) is 0 Å². The number of rotatable bonds is 0. The minimum Gasteiger partial charge on any atom is -0.400 e. The normalized spacial score (nSPS) is 3.00. The maximum Gasteiger partial charge on any atom is 0.0319 e. The Hall–Kier alpha value is -0.120. The van der Waals surface area contributed by atoms with Crippen molar-refractivity contribution in [1.29, 1.82) is 0 Å². The van der Waals surface area contributed by atoms with E-state index in [1.54, 1.807) is 0 Å². The summed E-state index contributed by atoms with van der Waals surface area (Å²) in [7, 11) is 3.00. The van der Waals surface area contributed by atoms with Gasteiger partial charge in [-0.15, -0.1) is 0 Å². The van der Waals surface area contributed by atoms with Gasteiger partial charge in [0.25, 0.3) is 0 Å². The van der Waals surface area contributed by atoms with E-state index < -0.39 is 0 Å². The van der Waals surface area contributed by atoms with Crippen LogP contribution in [-0.2, 0) is 0 Å². The summed E-state index contributed by atoms with van der Waals surface area (Å²) in [6.07, 6.45) is 0. The molecule has 42 valence electrons. The van der Waals surface area contributed by atoms with E-state index in [0.717, 1.165) is 21.3 Å². The second-order valence-corrected chi connectivity index (χ2v) is 0. The maximum atomic E-state index is 7.00. The van der Waals surface area contributed by atoms with E-state index in [1.165, 1.54) is 0 Å². The first-order chi connectivity index (χ1) is 3.00. The van der Waals surface area contributed by atoms with Crippen molar-refractivity contribution in [2.24, 2.45) is 0 Å². The molecule has 0 saturated carbocycles. The van der Waals surface area contributed by atoms with Gasteiger partial charge in [0.1, 0.15) is 0 Å². The number of aliphatic hydroxyl groups is 3. The summed E-state index contributed by atoms with van der Waals surface area (Å²) < 4.78 is 0. The van der Waals surface area contributed by atoms with Crippen molar-refractivity contribution in [3.05, 3.63) is 0 Å². The molecule has 3 nitrogen and oxygen atoms in total. The van der Waals surface area contributed by atoms with Crippen LogP contribution in [0.2, 0.25) is 0 Å². The SMILES string of the molecule is CO.CO.CO. The van der Waals surface area contributed by atoms with Crippen LogP contribution in [-0.4, -0.2) is 36.6 Å². The zero-order chi connectivity index (χ0) is 6.00. The Morgan fingerprint density at radius 3 is 0.500 bits per heavy atom. The molecule has 0 aromatic carbocycles. The van der Waals surface area contributed by atoms with Crippen molar-refractivity contribution in [1.82, 2.24) is 0 Å². The first-order valence-corrected chi connectivity index (χ1v) is 1.34. The summed E-state index contributed by atoms with van der Waals surface area (Å²) in [4.78, 5) is 0. The van der Waals surface area contributed by atoms with Crippen molar-refractivity contribution in [3.63, 3.8) is 0 Å². The molecule has 0 fully saturated rings. The molecule has 3 heteroatoms. The maximum absolute atomic E-state index is 7.00. The first-order valence-electron chi connectivity index (χ1n) is 1.34. The van der Waals surface area contributed by atoms with Crippen molar-refractivity contribution in [2.75, 3.05) is 21.3 Å². The van der Waals surface area contributed by atoms with Gasteiger partial charge in [0.05, 0.1) is 0 Å². The van der Waals surface area contributed by atoms with Crippen molar-refractivity contribution in [2.45, 2.75) is 0 Å². The lowest BCUT2D eigenvalue weighted by atomic mass is 11.8. The summed E-state index contributed by atoms with van der Waals surface area (Å²) in [5.41, 5.74) is 0. The predicted molar refractivity (Wildman–Crippen MR) is 24.4 cm³/mol. The van der Waals surface area contributed by atoms with Crippen molar-refractivity contribution >= 4 is 0 Å². The molecule has 0 unspecified atom stereocenters. The second kappa shape index (κ2) is 5100. The van der Waals surface area contributed by atoms with Crippen LogP contribution >= 0.6 is 0 Å². The molecule has 0 rings (SSSR count). The van der Waals surface area contributed by atoms with Gasteiger partial charge in [0.2, 0.25) is 0 Å². The molecule has 0 amide bonds. The minimum atomic E-state index is 1.00.